The van der Waals surface area contributed by atoms with Crippen molar-refractivity contribution in [3.05, 3.63) is 29.8 Å². The molecular formula is C11H17NO2S. The van der Waals surface area contributed by atoms with E-state index in [9.17, 15) is 4.21 Å². The van der Waals surface area contributed by atoms with Crippen molar-refractivity contribution in [2.45, 2.75) is 17.9 Å². The van der Waals surface area contributed by atoms with Crippen LogP contribution in [0.2, 0.25) is 0 Å². The highest BCUT2D eigenvalue weighted by Gasteiger charge is 2.11. The molecule has 0 aliphatic rings. The Bertz CT molecular complexity index is 341. The lowest BCUT2D eigenvalue weighted by Crippen LogP contribution is -2.31. The van der Waals surface area contributed by atoms with Gasteiger partial charge in [0.05, 0.1) is 17.4 Å². The molecule has 0 saturated carbocycles. The largest absolute Gasteiger partial charge is 0.383 e. The molecule has 4 heteroatoms. The van der Waals surface area contributed by atoms with E-state index in [2.05, 4.69) is 0 Å². The molecule has 2 unspecified atom stereocenters. The van der Waals surface area contributed by atoms with Crippen LogP contribution in [0.1, 0.15) is 5.56 Å². The van der Waals surface area contributed by atoms with Crippen molar-refractivity contribution in [3.8, 4) is 0 Å². The molecule has 0 aliphatic carbocycles. The topological polar surface area (TPSA) is 52.3 Å². The van der Waals surface area contributed by atoms with Gasteiger partial charge in [0.15, 0.2) is 0 Å². The number of hydrogen-bond acceptors (Lipinski definition) is 3. The van der Waals surface area contributed by atoms with Crippen molar-refractivity contribution in [2.75, 3.05) is 19.5 Å². The molecular weight excluding hydrogens is 210 g/mol. The molecule has 0 saturated heterocycles. The molecule has 0 heterocycles. The molecule has 2 atom stereocenters. The molecule has 0 aliphatic heterocycles. The first-order valence-corrected chi connectivity index (χ1v) is 6.15. The first-order valence-electron chi connectivity index (χ1n) is 4.83. The Morgan fingerprint density at radius 1 is 1.47 bits per heavy atom. The van der Waals surface area contributed by atoms with Crippen LogP contribution >= 0.6 is 0 Å². The Hall–Kier alpha value is -0.710. The summed E-state index contributed by atoms with van der Waals surface area (Å²) < 4.78 is 16.8. The third kappa shape index (κ3) is 3.74. The zero-order chi connectivity index (χ0) is 11.3. The van der Waals surface area contributed by atoms with Crippen molar-refractivity contribution in [2.24, 2.45) is 5.73 Å². The third-order valence-electron chi connectivity index (χ3n) is 2.09. The van der Waals surface area contributed by atoms with Crippen LogP contribution in [0.15, 0.2) is 29.2 Å². The highest BCUT2D eigenvalue weighted by atomic mass is 32.2. The predicted octanol–water partition coefficient (Wildman–Crippen LogP) is 1.08. The van der Waals surface area contributed by atoms with Crippen molar-refractivity contribution in [3.63, 3.8) is 0 Å². The predicted molar refractivity (Wildman–Crippen MR) is 62.3 cm³/mol. The maximum absolute atomic E-state index is 11.9. The van der Waals surface area contributed by atoms with Gasteiger partial charge in [-0.3, -0.25) is 4.21 Å². The van der Waals surface area contributed by atoms with Gasteiger partial charge in [-0.2, -0.15) is 0 Å². The lowest BCUT2D eigenvalue weighted by molar-refractivity contribution is 0.186. The second kappa shape index (κ2) is 6.00. The Morgan fingerprint density at radius 2 is 2.13 bits per heavy atom. The van der Waals surface area contributed by atoms with Gasteiger partial charge in [-0.15, -0.1) is 0 Å². The quantitative estimate of drug-likeness (QED) is 0.819. The van der Waals surface area contributed by atoms with Crippen LogP contribution in [0, 0.1) is 6.92 Å². The van der Waals surface area contributed by atoms with Gasteiger partial charge in [0.25, 0.3) is 0 Å². The summed E-state index contributed by atoms with van der Waals surface area (Å²) in [6.07, 6.45) is 0. The lowest BCUT2D eigenvalue weighted by atomic mass is 10.2. The van der Waals surface area contributed by atoms with Gasteiger partial charge >= 0.3 is 0 Å². The number of aryl methyl sites for hydroxylation is 1. The Kier molecular flexibility index (Phi) is 4.94. The van der Waals surface area contributed by atoms with E-state index in [1.807, 2.05) is 31.2 Å². The first kappa shape index (κ1) is 12.4. The van der Waals surface area contributed by atoms with E-state index in [0.717, 1.165) is 10.5 Å². The fourth-order valence-electron chi connectivity index (χ4n) is 1.36. The first-order chi connectivity index (χ1) is 7.15. The standard InChI is InChI=1S/C11H17NO2S/c1-9-5-3-4-6-11(9)15(13)8-10(12)7-14-2/h3-6,10H,7-8,12H2,1-2H3. The molecule has 15 heavy (non-hydrogen) atoms. The van der Waals surface area contributed by atoms with Crippen LogP contribution in [-0.2, 0) is 15.5 Å². The van der Waals surface area contributed by atoms with Crippen molar-refractivity contribution in [1.29, 1.82) is 0 Å². The molecule has 3 nitrogen and oxygen atoms in total. The summed E-state index contributed by atoms with van der Waals surface area (Å²) in [7, 11) is 0.562. The number of ether oxygens (including phenoxy) is 1. The molecule has 0 bridgehead atoms. The number of rotatable bonds is 5. The molecule has 0 radical (unpaired) electrons. The van der Waals surface area contributed by atoms with E-state index in [1.165, 1.54) is 0 Å². The van der Waals surface area contributed by atoms with Gasteiger partial charge in [0, 0.05) is 23.8 Å². The van der Waals surface area contributed by atoms with Crippen LogP contribution in [0.25, 0.3) is 0 Å². The van der Waals surface area contributed by atoms with Gasteiger partial charge < -0.3 is 10.5 Å². The molecule has 1 aromatic carbocycles. The van der Waals surface area contributed by atoms with Crippen LogP contribution in [-0.4, -0.2) is 29.7 Å². The number of nitrogens with two attached hydrogens (primary N) is 1. The number of methoxy groups -OCH3 is 1. The minimum atomic E-state index is -1.03. The highest BCUT2D eigenvalue weighted by Crippen LogP contribution is 2.12. The lowest BCUT2D eigenvalue weighted by Gasteiger charge is -2.11. The Labute approximate surface area is 93.1 Å². The van der Waals surface area contributed by atoms with Crippen LogP contribution in [0.4, 0.5) is 0 Å². The van der Waals surface area contributed by atoms with E-state index in [-0.39, 0.29) is 6.04 Å². The SMILES string of the molecule is COCC(N)CS(=O)c1ccccc1C. The van der Waals surface area contributed by atoms with Gasteiger partial charge in [-0.25, -0.2) is 0 Å². The van der Waals surface area contributed by atoms with E-state index >= 15 is 0 Å². The normalized spacial score (nSPS) is 14.9. The molecule has 84 valence electrons. The Balaban J connectivity index is 2.65. The monoisotopic (exact) mass is 227 g/mol. The fraction of sp³-hybridized carbons (Fsp3) is 0.455. The van der Waals surface area contributed by atoms with Crippen LogP contribution in [0.5, 0.6) is 0 Å². The molecule has 0 amide bonds. The summed E-state index contributed by atoms with van der Waals surface area (Å²) in [5.74, 6) is 0.443. The molecule has 2 N–H and O–H groups in total. The second-order valence-electron chi connectivity index (χ2n) is 3.49. The number of benzene rings is 1. The van der Waals surface area contributed by atoms with E-state index in [1.54, 1.807) is 7.11 Å². The smallest absolute Gasteiger partial charge is 0.0622 e. The summed E-state index contributed by atoms with van der Waals surface area (Å²) in [5.41, 5.74) is 6.80. The summed E-state index contributed by atoms with van der Waals surface area (Å²) in [5, 5.41) is 0. The van der Waals surface area contributed by atoms with E-state index in [0.29, 0.717) is 12.4 Å². The average molecular weight is 227 g/mol. The summed E-state index contributed by atoms with van der Waals surface area (Å²) in [6, 6.07) is 7.49. The van der Waals surface area contributed by atoms with E-state index < -0.39 is 10.8 Å². The van der Waals surface area contributed by atoms with Gasteiger partial charge in [0.1, 0.15) is 0 Å². The average Bonchev–Trinajstić information content (AvgIpc) is 2.18. The molecule has 0 spiro atoms. The Morgan fingerprint density at radius 3 is 2.73 bits per heavy atom. The summed E-state index contributed by atoms with van der Waals surface area (Å²) in [6.45, 7) is 2.40. The fourth-order valence-corrected chi connectivity index (χ4v) is 2.68. The van der Waals surface area contributed by atoms with E-state index in [4.69, 9.17) is 10.5 Å². The maximum Gasteiger partial charge on any atom is 0.0622 e. The zero-order valence-corrected chi connectivity index (χ0v) is 9.92. The zero-order valence-electron chi connectivity index (χ0n) is 9.10. The summed E-state index contributed by atoms with van der Waals surface area (Å²) in [4.78, 5) is 0.865. The van der Waals surface area contributed by atoms with Crippen molar-refractivity contribution < 1.29 is 8.95 Å². The molecule has 1 rings (SSSR count). The van der Waals surface area contributed by atoms with Gasteiger partial charge in [-0.05, 0) is 18.6 Å². The van der Waals surface area contributed by atoms with Crippen molar-refractivity contribution in [1.82, 2.24) is 0 Å². The minimum Gasteiger partial charge on any atom is -0.383 e. The minimum absolute atomic E-state index is 0.171. The van der Waals surface area contributed by atoms with Crippen LogP contribution < -0.4 is 5.73 Å². The maximum atomic E-state index is 11.9. The van der Waals surface area contributed by atoms with Gasteiger partial charge in [0.2, 0.25) is 0 Å². The van der Waals surface area contributed by atoms with Gasteiger partial charge in [-0.1, -0.05) is 18.2 Å². The second-order valence-corrected chi connectivity index (χ2v) is 4.96. The molecule has 0 fully saturated rings. The number of hydrogen-bond donors (Lipinski definition) is 1. The van der Waals surface area contributed by atoms with Crippen molar-refractivity contribution >= 4 is 10.8 Å². The third-order valence-corrected chi connectivity index (χ3v) is 3.76. The van der Waals surface area contributed by atoms with Crippen LogP contribution in [0.3, 0.4) is 0 Å². The molecule has 0 aromatic heterocycles. The summed E-state index contributed by atoms with van der Waals surface area (Å²) >= 11 is 0. The molecule has 1 aromatic rings. The highest BCUT2D eigenvalue weighted by molar-refractivity contribution is 7.85.